The molecule has 0 atom stereocenters. The van der Waals surface area contributed by atoms with E-state index in [0.29, 0.717) is 11.3 Å². The van der Waals surface area contributed by atoms with Crippen molar-refractivity contribution in [2.24, 2.45) is 0 Å². The molecular weight excluding hydrogens is 350 g/mol. The third kappa shape index (κ3) is 3.94. The van der Waals surface area contributed by atoms with Crippen molar-refractivity contribution >= 4 is 22.9 Å². The third-order valence-corrected chi connectivity index (χ3v) is 4.80. The molecule has 0 aliphatic carbocycles. The molecule has 0 N–H and O–H groups in total. The number of aromatic nitrogens is 1. The van der Waals surface area contributed by atoms with E-state index in [1.807, 2.05) is 31.2 Å². The zero-order valence-corrected chi connectivity index (χ0v) is 15.2. The number of carbonyl (C=O) groups is 1. The van der Waals surface area contributed by atoms with E-state index < -0.39 is 4.92 Å². The highest BCUT2D eigenvalue weighted by Crippen LogP contribution is 2.25. The number of thiazole rings is 1. The van der Waals surface area contributed by atoms with E-state index in [1.165, 1.54) is 33.9 Å². The molecule has 0 bridgehead atoms. The maximum absolute atomic E-state index is 12.6. The molecule has 0 saturated carbocycles. The van der Waals surface area contributed by atoms with E-state index in [4.69, 9.17) is 0 Å². The zero-order valence-electron chi connectivity index (χ0n) is 14.4. The van der Waals surface area contributed by atoms with Gasteiger partial charge in [-0.15, -0.1) is 11.3 Å². The number of nitro groups is 1. The van der Waals surface area contributed by atoms with Gasteiger partial charge in [-0.2, -0.15) is 0 Å². The Labute approximate surface area is 154 Å². The van der Waals surface area contributed by atoms with E-state index in [2.05, 4.69) is 4.98 Å². The molecule has 0 radical (unpaired) electrons. The van der Waals surface area contributed by atoms with Crippen molar-refractivity contribution in [3.8, 4) is 10.6 Å². The van der Waals surface area contributed by atoms with Crippen molar-refractivity contribution in [3.05, 3.63) is 80.8 Å². The number of nitrogens with zero attached hydrogens (tertiary/aromatic N) is 3. The Bertz CT molecular complexity index is 951. The van der Waals surface area contributed by atoms with Crippen LogP contribution in [-0.4, -0.2) is 27.8 Å². The molecular formula is C19H17N3O3S. The largest absolute Gasteiger partial charge is 0.336 e. The molecule has 0 saturated heterocycles. The minimum absolute atomic E-state index is 0.0127. The van der Waals surface area contributed by atoms with Crippen LogP contribution in [0.1, 0.15) is 21.6 Å². The Balaban J connectivity index is 1.74. The lowest BCUT2D eigenvalue weighted by Crippen LogP contribution is -2.26. The molecule has 0 unspecified atom stereocenters. The summed E-state index contributed by atoms with van der Waals surface area (Å²) < 4.78 is 0. The first kappa shape index (κ1) is 17.8. The Kier molecular flexibility index (Phi) is 5.09. The van der Waals surface area contributed by atoms with E-state index in [0.717, 1.165) is 10.6 Å². The van der Waals surface area contributed by atoms with Crippen molar-refractivity contribution < 1.29 is 9.72 Å². The standard InChI is InChI=1S/C19H17N3O3S/c1-13-6-8-15(9-7-13)18-20-17(12-26-18)19(23)21(2)11-14-4-3-5-16(10-14)22(24)25/h3-10,12H,11H2,1-2H3. The first-order valence-electron chi connectivity index (χ1n) is 7.95. The number of hydrogen-bond donors (Lipinski definition) is 0. The van der Waals surface area contributed by atoms with Gasteiger partial charge in [0.25, 0.3) is 11.6 Å². The van der Waals surface area contributed by atoms with Crippen LogP contribution in [0.5, 0.6) is 0 Å². The Hall–Kier alpha value is -3.06. The highest BCUT2D eigenvalue weighted by Gasteiger charge is 2.17. The van der Waals surface area contributed by atoms with Crippen LogP contribution in [0.4, 0.5) is 5.69 Å². The molecule has 7 heteroatoms. The monoisotopic (exact) mass is 367 g/mol. The van der Waals surface area contributed by atoms with Gasteiger partial charge in [0.15, 0.2) is 0 Å². The van der Waals surface area contributed by atoms with Crippen LogP contribution < -0.4 is 0 Å². The molecule has 3 aromatic rings. The minimum Gasteiger partial charge on any atom is -0.336 e. The molecule has 1 heterocycles. The fourth-order valence-corrected chi connectivity index (χ4v) is 3.31. The lowest BCUT2D eigenvalue weighted by molar-refractivity contribution is -0.384. The minimum atomic E-state index is -0.445. The number of non-ortho nitro benzene ring substituents is 1. The van der Waals surface area contributed by atoms with Crippen molar-refractivity contribution in [1.29, 1.82) is 0 Å². The van der Waals surface area contributed by atoms with Gasteiger partial charge in [-0.25, -0.2) is 4.98 Å². The molecule has 26 heavy (non-hydrogen) atoms. The third-order valence-electron chi connectivity index (χ3n) is 3.91. The van der Waals surface area contributed by atoms with Crippen LogP contribution in [0.25, 0.3) is 10.6 Å². The fraction of sp³-hybridized carbons (Fsp3) is 0.158. The second kappa shape index (κ2) is 7.45. The van der Waals surface area contributed by atoms with Gasteiger partial charge in [-0.1, -0.05) is 42.0 Å². The molecule has 0 aliphatic heterocycles. The number of hydrogen-bond acceptors (Lipinski definition) is 5. The lowest BCUT2D eigenvalue weighted by atomic mass is 10.2. The number of rotatable bonds is 5. The van der Waals surface area contributed by atoms with Crippen LogP contribution in [0.3, 0.4) is 0 Å². The quantitative estimate of drug-likeness (QED) is 0.498. The van der Waals surface area contributed by atoms with Gasteiger partial charge in [-0.05, 0) is 12.5 Å². The molecule has 132 valence electrons. The summed E-state index contributed by atoms with van der Waals surface area (Å²) in [7, 11) is 1.66. The molecule has 2 aromatic carbocycles. The van der Waals surface area contributed by atoms with E-state index in [1.54, 1.807) is 24.6 Å². The van der Waals surface area contributed by atoms with Gasteiger partial charge in [0.1, 0.15) is 10.7 Å². The average Bonchev–Trinajstić information content (AvgIpc) is 3.12. The first-order chi connectivity index (χ1) is 12.4. The van der Waals surface area contributed by atoms with Crippen LogP contribution in [0, 0.1) is 17.0 Å². The maximum atomic E-state index is 12.6. The van der Waals surface area contributed by atoms with Crippen LogP contribution in [0.15, 0.2) is 53.9 Å². The summed E-state index contributed by atoms with van der Waals surface area (Å²) >= 11 is 1.42. The normalized spacial score (nSPS) is 10.5. The number of amides is 1. The van der Waals surface area contributed by atoms with Gasteiger partial charge in [0.2, 0.25) is 0 Å². The van der Waals surface area contributed by atoms with Gasteiger partial charge >= 0.3 is 0 Å². The summed E-state index contributed by atoms with van der Waals surface area (Å²) in [5, 5.41) is 13.4. The van der Waals surface area contributed by atoms with Crippen molar-refractivity contribution in [1.82, 2.24) is 9.88 Å². The van der Waals surface area contributed by atoms with Gasteiger partial charge < -0.3 is 4.90 Å². The predicted molar refractivity (Wildman–Crippen MR) is 101 cm³/mol. The molecule has 0 fully saturated rings. The summed E-state index contributed by atoms with van der Waals surface area (Å²) in [5.74, 6) is -0.217. The molecule has 6 nitrogen and oxygen atoms in total. The summed E-state index contributed by atoms with van der Waals surface area (Å²) in [6, 6.07) is 14.3. The summed E-state index contributed by atoms with van der Waals surface area (Å²) in [5.41, 5.74) is 3.22. The highest BCUT2D eigenvalue weighted by molar-refractivity contribution is 7.13. The van der Waals surface area contributed by atoms with Crippen molar-refractivity contribution in [2.75, 3.05) is 7.05 Å². The van der Waals surface area contributed by atoms with Gasteiger partial charge in [0, 0.05) is 36.7 Å². The van der Waals surface area contributed by atoms with E-state index >= 15 is 0 Å². The van der Waals surface area contributed by atoms with Crippen LogP contribution in [0.2, 0.25) is 0 Å². The topological polar surface area (TPSA) is 76.3 Å². The van der Waals surface area contributed by atoms with E-state index in [-0.39, 0.29) is 18.1 Å². The fourth-order valence-electron chi connectivity index (χ4n) is 2.51. The van der Waals surface area contributed by atoms with E-state index in [9.17, 15) is 14.9 Å². The number of benzene rings is 2. The summed E-state index contributed by atoms with van der Waals surface area (Å²) in [6.45, 7) is 2.29. The summed E-state index contributed by atoms with van der Waals surface area (Å²) in [4.78, 5) is 29.0. The molecule has 1 aromatic heterocycles. The van der Waals surface area contributed by atoms with Gasteiger partial charge in [0.05, 0.1) is 4.92 Å². The smallest absolute Gasteiger partial charge is 0.273 e. The lowest BCUT2D eigenvalue weighted by Gasteiger charge is -2.15. The van der Waals surface area contributed by atoms with Gasteiger partial charge in [-0.3, -0.25) is 14.9 Å². The Morgan fingerprint density at radius 1 is 1.23 bits per heavy atom. The second-order valence-electron chi connectivity index (χ2n) is 5.99. The number of aryl methyl sites for hydroxylation is 1. The number of nitro benzene ring substituents is 1. The summed E-state index contributed by atoms with van der Waals surface area (Å²) in [6.07, 6.45) is 0. The Morgan fingerprint density at radius 2 is 1.96 bits per heavy atom. The first-order valence-corrected chi connectivity index (χ1v) is 8.83. The molecule has 0 spiro atoms. The van der Waals surface area contributed by atoms with Crippen molar-refractivity contribution in [3.63, 3.8) is 0 Å². The van der Waals surface area contributed by atoms with Crippen LogP contribution >= 0.6 is 11.3 Å². The highest BCUT2D eigenvalue weighted by atomic mass is 32.1. The molecule has 1 amide bonds. The van der Waals surface area contributed by atoms with Crippen LogP contribution in [-0.2, 0) is 6.54 Å². The zero-order chi connectivity index (χ0) is 18.7. The SMILES string of the molecule is Cc1ccc(-c2nc(C(=O)N(C)Cc3cccc([N+](=O)[O-])c3)cs2)cc1. The second-order valence-corrected chi connectivity index (χ2v) is 6.85. The molecule has 0 aliphatic rings. The number of carbonyl (C=O) groups excluding carboxylic acids is 1. The average molecular weight is 367 g/mol. The van der Waals surface area contributed by atoms with Crippen molar-refractivity contribution in [2.45, 2.75) is 13.5 Å². The molecule has 3 rings (SSSR count). The predicted octanol–water partition coefficient (Wildman–Crippen LogP) is 4.30. The maximum Gasteiger partial charge on any atom is 0.273 e. The Morgan fingerprint density at radius 3 is 2.65 bits per heavy atom.